The average Bonchev–Trinajstić information content (AvgIpc) is 2.68. The van der Waals surface area contributed by atoms with E-state index in [-0.39, 0.29) is 0 Å². The minimum atomic E-state index is -2.36. The number of ether oxygens (including phenoxy) is 4. The maximum absolute atomic E-state index is 8.78. The molecule has 0 aliphatic rings. The van der Waals surface area contributed by atoms with Gasteiger partial charge in [-0.3, -0.25) is 9.35 Å². The highest BCUT2D eigenvalue weighted by Crippen LogP contribution is 2.30. The quantitative estimate of drug-likeness (QED) is 0.671. The fraction of sp³-hybridized carbons (Fsp3) is 0.400. The highest BCUT2D eigenvalue weighted by molar-refractivity contribution is 7.76. The Bertz CT molecular complexity index is 707. The molecule has 0 aromatic heterocycles. The molecule has 28 heavy (non-hydrogen) atoms. The van der Waals surface area contributed by atoms with E-state index in [1.165, 1.54) is 11.1 Å². The van der Waals surface area contributed by atoms with E-state index in [1.807, 2.05) is 24.3 Å². The van der Waals surface area contributed by atoms with Gasteiger partial charge in [0.05, 0.1) is 28.4 Å². The minimum Gasteiger partial charge on any atom is -0.760 e. The first-order valence-corrected chi connectivity index (χ1v) is 9.73. The Hall–Kier alpha value is -2.29. The van der Waals surface area contributed by atoms with Crippen molar-refractivity contribution >= 4 is 11.3 Å². The van der Waals surface area contributed by atoms with E-state index in [1.54, 1.807) is 28.4 Å². The first-order chi connectivity index (χ1) is 13.3. The summed E-state index contributed by atoms with van der Waals surface area (Å²) in [6.45, 7) is 2.23. The van der Waals surface area contributed by atoms with Gasteiger partial charge < -0.3 is 23.5 Å². The van der Waals surface area contributed by atoms with E-state index in [2.05, 4.69) is 24.2 Å². The van der Waals surface area contributed by atoms with Crippen LogP contribution >= 0.6 is 0 Å². The van der Waals surface area contributed by atoms with Gasteiger partial charge in [0, 0.05) is 23.4 Å². The number of rotatable bonds is 8. The number of benzene rings is 2. The van der Waals surface area contributed by atoms with Crippen LogP contribution in [-0.4, -0.2) is 37.2 Å². The van der Waals surface area contributed by atoms with E-state index in [0.717, 1.165) is 35.8 Å². The second-order valence-electron chi connectivity index (χ2n) is 6.13. The van der Waals surface area contributed by atoms with Gasteiger partial charge in [-0.1, -0.05) is 19.1 Å². The third-order valence-electron chi connectivity index (χ3n) is 4.13. The van der Waals surface area contributed by atoms with E-state index < -0.39 is 11.3 Å². The summed E-state index contributed by atoms with van der Waals surface area (Å²) in [7, 11) is 6.70. The summed E-state index contributed by atoms with van der Waals surface area (Å²) >= 11 is -2.36. The molecule has 7 nitrogen and oxygen atoms in total. The van der Waals surface area contributed by atoms with Crippen molar-refractivity contribution in [2.75, 3.05) is 28.4 Å². The number of nitrogens with two attached hydrogens (primary N) is 1. The van der Waals surface area contributed by atoms with Crippen LogP contribution in [0.3, 0.4) is 0 Å². The Morgan fingerprint density at radius 3 is 1.50 bits per heavy atom. The van der Waals surface area contributed by atoms with Crippen molar-refractivity contribution in [1.29, 1.82) is 0 Å². The Balaban J connectivity index is 0.000000892. The molecule has 0 saturated heterocycles. The SMILES string of the molecule is COc1ccc(CC(C)Cc2ccc(OC)cc2OC)c(OC)c1.NS(=O)[O-]. The molecule has 0 aliphatic carbocycles. The summed E-state index contributed by atoms with van der Waals surface area (Å²) in [5, 5.41) is 4.03. The van der Waals surface area contributed by atoms with Crippen LogP contribution < -0.4 is 24.1 Å². The highest BCUT2D eigenvalue weighted by atomic mass is 32.2. The van der Waals surface area contributed by atoms with Gasteiger partial charge in [-0.15, -0.1) is 0 Å². The van der Waals surface area contributed by atoms with Crippen LogP contribution in [0.25, 0.3) is 0 Å². The Kier molecular flexibility index (Phi) is 10.4. The van der Waals surface area contributed by atoms with Gasteiger partial charge in [-0.2, -0.15) is 0 Å². The molecule has 0 spiro atoms. The lowest BCUT2D eigenvalue weighted by atomic mass is 9.93. The zero-order valence-corrected chi connectivity index (χ0v) is 17.7. The summed E-state index contributed by atoms with van der Waals surface area (Å²) in [6, 6.07) is 11.9. The molecular weight excluding hydrogens is 382 g/mol. The summed E-state index contributed by atoms with van der Waals surface area (Å²) in [4.78, 5) is 0. The van der Waals surface area contributed by atoms with Crippen LogP contribution in [0.4, 0.5) is 0 Å². The standard InChI is InChI=1S/C20H26O4.H3NO2S/c1-14(10-15-6-8-17(21-2)12-19(15)23-4)11-16-7-9-18(22-3)13-20(16)24-5;1-4(2)3/h6-9,12-14H,10-11H2,1-5H3;1H2,(H,2,3)/p-1. The van der Waals surface area contributed by atoms with Crippen molar-refractivity contribution in [3.63, 3.8) is 0 Å². The second kappa shape index (κ2) is 12.2. The normalized spacial score (nSPS) is 11.3. The predicted octanol–water partition coefficient (Wildman–Crippen LogP) is 2.88. The van der Waals surface area contributed by atoms with Gasteiger partial charge in [-0.05, 0) is 42.0 Å². The number of hydrogen-bond acceptors (Lipinski definition) is 6. The van der Waals surface area contributed by atoms with Crippen LogP contribution in [0.1, 0.15) is 18.1 Å². The fourth-order valence-electron chi connectivity index (χ4n) is 2.86. The summed E-state index contributed by atoms with van der Waals surface area (Å²) in [6.07, 6.45) is 1.84. The lowest BCUT2D eigenvalue weighted by Crippen LogP contribution is -2.06. The van der Waals surface area contributed by atoms with Crippen LogP contribution in [0.15, 0.2) is 36.4 Å². The summed E-state index contributed by atoms with van der Waals surface area (Å²) in [5.74, 6) is 3.78. The monoisotopic (exact) mass is 410 g/mol. The van der Waals surface area contributed by atoms with E-state index in [4.69, 9.17) is 27.7 Å². The largest absolute Gasteiger partial charge is 0.760 e. The Morgan fingerprint density at radius 2 is 1.21 bits per heavy atom. The zero-order valence-electron chi connectivity index (χ0n) is 16.9. The molecule has 0 aliphatic heterocycles. The second-order valence-corrected chi connectivity index (χ2v) is 6.65. The van der Waals surface area contributed by atoms with E-state index in [0.29, 0.717) is 5.92 Å². The Labute approximate surface area is 169 Å². The average molecular weight is 411 g/mol. The first-order valence-electron chi connectivity index (χ1n) is 8.60. The molecule has 156 valence electrons. The molecule has 2 rings (SSSR count). The lowest BCUT2D eigenvalue weighted by molar-refractivity contribution is 0.384. The van der Waals surface area contributed by atoms with Crippen molar-refractivity contribution in [3.05, 3.63) is 47.5 Å². The van der Waals surface area contributed by atoms with Gasteiger partial charge in [0.15, 0.2) is 0 Å². The van der Waals surface area contributed by atoms with Gasteiger partial charge in [0.1, 0.15) is 23.0 Å². The molecule has 1 atom stereocenters. The van der Waals surface area contributed by atoms with Gasteiger partial charge in [0.25, 0.3) is 0 Å². The topological polar surface area (TPSA) is 103 Å². The van der Waals surface area contributed by atoms with Crippen molar-refractivity contribution < 1.29 is 27.7 Å². The third-order valence-corrected chi connectivity index (χ3v) is 4.13. The zero-order chi connectivity index (χ0) is 21.1. The molecule has 2 aromatic rings. The molecule has 1 unspecified atom stereocenters. The fourth-order valence-corrected chi connectivity index (χ4v) is 2.86. The van der Waals surface area contributed by atoms with Crippen LogP contribution in [0, 0.1) is 5.92 Å². The first kappa shape index (κ1) is 23.7. The van der Waals surface area contributed by atoms with Crippen molar-refractivity contribution in [2.45, 2.75) is 19.8 Å². The van der Waals surface area contributed by atoms with Crippen molar-refractivity contribution in [2.24, 2.45) is 11.1 Å². The minimum absolute atomic E-state index is 0.439. The van der Waals surface area contributed by atoms with Crippen LogP contribution in [0.2, 0.25) is 0 Å². The molecular formula is C20H28NO6S-. The number of methoxy groups -OCH3 is 4. The third kappa shape index (κ3) is 7.75. The van der Waals surface area contributed by atoms with E-state index >= 15 is 0 Å². The van der Waals surface area contributed by atoms with E-state index in [9.17, 15) is 0 Å². The van der Waals surface area contributed by atoms with Crippen molar-refractivity contribution in [1.82, 2.24) is 0 Å². The van der Waals surface area contributed by atoms with Gasteiger partial charge in [-0.25, -0.2) is 0 Å². The molecule has 2 N–H and O–H groups in total. The lowest BCUT2D eigenvalue weighted by Gasteiger charge is -2.17. The summed E-state index contributed by atoms with van der Waals surface area (Å²) in [5.41, 5.74) is 2.36. The molecule has 0 heterocycles. The number of hydrogen-bond donors (Lipinski definition) is 1. The Morgan fingerprint density at radius 1 is 0.857 bits per heavy atom. The molecule has 0 radical (unpaired) electrons. The predicted molar refractivity (Wildman–Crippen MR) is 109 cm³/mol. The van der Waals surface area contributed by atoms with Crippen molar-refractivity contribution in [3.8, 4) is 23.0 Å². The van der Waals surface area contributed by atoms with Gasteiger partial charge in [0.2, 0.25) is 0 Å². The summed E-state index contributed by atoms with van der Waals surface area (Å²) < 4.78 is 39.1. The van der Waals surface area contributed by atoms with Gasteiger partial charge >= 0.3 is 0 Å². The molecule has 0 saturated carbocycles. The van der Waals surface area contributed by atoms with Crippen LogP contribution in [0.5, 0.6) is 23.0 Å². The molecule has 8 heteroatoms. The molecule has 0 fully saturated rings. The molecule has 0 amide bonds. The highest BCUT2D eigenvalue weighted by Gasteiger charge is 2.13. The maximum Gasteiger partial charge on any atom is 0.125 e. The molecule has 2 aromatic carbocycles. The smallest absolute Gasteiger partial charge is 0.125 e. The van der Waals surface area contributed by atoms with Crippen LogP contribution in [-0.2, 0) is 24.1 Å². The maximum atomic E-state index is 8.78. The molecule has 0 bridgehead atoms.